The van der Waals surface area contributed by atoms with Gasteiger partial charge in [-0.15, -0.1) is 0 Å². The summed E-state index contributed by atoms with van der Waals surface area (Å²) in [4.78, 5) is 23.0. The second-order valence-corrected chi connectivity index (χ2v) is 5.95. The Kier molecular flexibility index (Phi) is 7.88. The van der Waals surface area contributed by atoms with E-state index in [0.717, 1.165) is 5.56 Å². The van der Waals surface area contributed by atoms with Gasteiger partial charge in [-0.2, -0.15) is 0 Å². The molecule has 6 nitrogen and oxygen atoms in total. The molecule has 0 radical (unpaired) electrons. The Labute approximate surface area is 142 Å². The van der Waals surface area contributed by atoms with E-state index in [1.165, 1.54) is 7.11 Å². The molecule has 0 aliphatic rings. The summed E-state index contributed by atoms with van der Waals surface area (Å²) < 4.78 is 10.8. The van der Waals surface area contributed by atoms with Crippen LogP contribution in [0, 0.1) is 5.41 Å². The first-order valence-electron chi connectivity index (χ1n) is 7.99. The van der Waals surface area contributed by atoms with Crippen LogP contribution in [-0.4, -0.2) is 41.7 Å². The average Bonchev–Trinajstić information content (AvgIpc) is 2.53. The highest BCUT2D eigenvalue weighted by Gasteiger charge is 2.45. The van der Waals surface area contributed by atoms with Crippen LogP contribution in [0.25, 0.3) is 0 Å². The third-order valence-corrected chi connectivity index (χ3v) is 4.31. The Morgan fingerprint density at radius 2 is 1.79 bits per heavy atom. The topological polar surface area (TPSA) is 93.1 Å². The molecule has 0 aliphatic heterocycles. The maximum atomic E-state index is 12.1. The summed E-state index contributed by atoms with van der Waals surface area (Å²) >= 11 is 0. The quantitative estimate of drug-likeness (QED) is 0.603. The van der Waals surface area contributed by atoms with Gasteiger partial charge in [0, 0.05) is 13.5 Å². The van der Waals surface area contributed by atoms with Crippen LogP contribution < -0.4 is 0 Å². The molecule has 134 valence electrons. The molecule has 0 fully saturated rings. The Balaban J connectivity index is 3.07. The summed E-state index contributed by atoms with van der Waals surface area (Å²) in [5.74, 6) is -1.93. The summed E-state index contributed by atoms with van der Waals surface area (Å²) in [6.45, 7) is 3.40. The monoisotopic (exact) mass is 338 g/mol. The van der Waals surface area contributed by atoms with Gasteiger partial charge in [0.25, 0.3) is 0 Å². The minimum absolute atomic E-state index is 0.0730. The van der Waals surface area contributed by atoms with Gasteiger partial charge in [-0.3, -0.25) is 9.59 Å². The lowest BCUT2D eigenvalue weighted by molar-refractivity contribution is -0.189. The van der Waals surface area contributed by atoms with Crippen LogP contribution in [0.15, 0.2) is 30.3 Å². The van der Waals surface area contributed by atoms with E-state index >= 15 is 0 Å². The standard InChI is InChI=1S/C18H26O6/c1-13(24-14(2)23-3)18(17(21)22,11-7-10-16(19)20)12-15-8-5-4-6-9-15/h4-6,8-9,13-14H,7,10-12H2,1-3H3,(H,19,20)(H,21,22). The van der Waals surface area contributed by atoms with Crippen molar-refractivity contribution in [1.29, 1.82) is 0 Å². The molecule has 0 aliphatic carbocycles. The summed E-state index contributed by atoms with van der Waals surface area (Å²) in [7, 11) is 1.49. The van der Waals surface area contributed by atoms with E-state index in [0.29, 0.717) is 0 Å². The molecule has 0 amide bonds. The van der Waals surface area contributed by atoms with Crippen molar-refractivity contribution in [2.75, 3.05) is 7.11 Å². The first-order valence-corrected chi connectivity index (χ1v) is 7.99. The van der Waals surface area contributed by atoms with E-state index in [4.69, 9.17) is 14.6 Å². The molecule has 24 heavy (non-hydrogen) atoms. The summed E-state index contributed by atoms with van der Waals surface area (Å²) in [5, 5.41) is 18.8. The lowest BCUT2D eigenvalue weighted by atomic mass is 9.73. The minimum Gasteiger partial charge on any atom is -0.481 e. The van der Waals surface area contributed by atoms with E-state index in [2.05, 4.69) is 0 Å². The van der Waals surface area contributed by atoms with Crippen LogP contribution in [0.3, 0.4) is 0 Å². The molecule has 0 aromatic heterocycles. The fraction of sp³-hybridized carbons (Fsp3) is 0.556. The summed E-state index contributed by atoms with van der Waals surface area (Å²) in [5.41, 5.74) is -0.348. The predicted molar refractivity (Wildman–Crippen MR) is 88.7 cm³/mol. The number of rotatable bonds is 11. The van der Waals surface area contributed by atoms with Gasteiger partial charge in [-0.25, -0.2) is 0 Å². The molecular weight excluding hydrogens is 312 g/mol. The van der Waals surface area contributed by atoms with Crippen molar-refractivity contribution in [1.82, 2.24) is 0 Å². The molecule has 1 rings (SSSR count). The molecule has 0 saturated carbocycles. The van der Waals surface area contributed by atoms with Crippen molar-refractivity contribution >= 4 is 11.9 Å². The molecule has 1 aromatic carbocycles. The molecule has 0 heterocycles. The number of hydrogen-bond acceptors (Lipinski definition) is 4. The van der Waals surface area contributed by atoms with Gasteiger partial charge in [-0.1, -0.05) is 30.3 Å². The molecular formula is C18H26O6. The lowest BCUT2D eigenvalue weighted by Gasteiger charge is -2.36. The zero-order valence-corrected chi connectivity index (χ0v) is 14.4. The number of aliphatic carboxylic acids is 2. The van der Waals surface area contributed by atoms with Crippen LogP contribution in [0.5, 0.6) is 0 Å². The number of benzene rings is 1. The van der Waals surface area contributed by atoms with Gasteiger partial charge < -0.3 is 19.7 Å². The second-order valence-electron chi connectivity index (χ2n) is 5.95. The third-order valence-electron chi connectivity index (χ3n) is 4.31. The molecule has 3 unspecified atom stereocenters. The second kappa shape index (κ2) is 9.39. The Bertz CT molecular complexity index is 530. The van der Waals surface area contributed by atoms with Crippen LogP contribution >= 0.6 is 0 Å². The van der Waals surface area contributed by atoms with Crippen molar-refractivity contribution in [3.05, 3.63) is 35.9 Å². The van der Waals surface area contributed by atoms with E-state index < -0.39 is 29.7 Å². The van der Waals surface area contributed by atoms with Gasteiger partial charge in [0.2, 0.25) is 0 Å². The molecule has 0 spiro atoms. The van der Waals surface area contributed by atoms with E-state index in [9.17, 15) is 14.7 Å². The largest absolute Gasteiger partial charge is 0.481 e. The molecule has 6 heteroatoms. The number of carbonyl (C=O) groups is 2. The molecule has 3 atom stereocenters. The first-order chi connectivity index (χ1) is 11.3. The average molecular weight is 338 g/mol. The number of carboxylic acid groups (broad SMARTS) is 2. The van der Waals surface area contributed by atoms with Crippen LogP contribution in [0.2, 0.25) is 0 Å². The summed E-state index contributed by atoms with van der Waals surface area (Å²) in [6, 6.07) is 9.29. The number of ether oxygens (including phenoxy) is 2. The molecule has 1 aromatic rings. The van der Waals surface area contributed by atoms with Gasteiger partial charge in [0.15, 0.2) is 6.29 Å². The molecule has 2 N–H and O–H groups in total. The highest BCUT2D eigenvalue weighted by Crippen LogP contribution is 2.36. The minimum atomic E-state index is -1.22. The van der Waals surface area contributed by atoms with Crippen molar-refractivity contribution in [3.8, 4) is 0 Å². The smallest absolute Gasteiger partial charge is 0.312 e. The highest BCUT2D eigenvalue weighted by atomic mass is 16.7. The molecule has 0 bridgehead atoms. The van der Waals surface area contributed by atoms with Crippen molar-refractivity contribution in [2.24, 2.45) is 5.41 Å². The number of carboxylic acids is 2. The maximum absolute atomic E-state index is 12.1. The van der Waals surface area contributed by atoms with Crippen LogP contribution in [-0.2, 0) is 25.5 Å². The van der Waals surface area contributed by atoms with Gasteiger partial charge in [0.05, 0.1) is 11.5 Å². The van der Waals surface area contributed by atoms with Gasteiger partial charge >= 0.3 is 11.9 Å². The SMILES string of the molecule is COC(C)OC(C)C(CCCC(=O)O)(Cc1ccccc1)C(=O)O. The van der Waals surface area contributed by atoms with Crippen LogP contribution in [0.4, 0.5) is 0 Å². The van der Waals surface area contributed by atoms with E-state index in [1.54, 1.807) is 13.8 Å². The fourth-order valence-electron chi connectivity index (χ4n) is 2.78. The summed E-state index contributed by atoms with van der Waals surface area (Å²) in [6.07, 6.45) is -0.519. The van der Waals surface area contributed by atoms with Gasteiger partial charge in [-0.05, 0) is 38.7 Å². The Hall–Kier alpha value is -1.92. The zero-order valence-electron chi connectivity index (χ0n) is 14.4. The lowest BCUT2D eigenvalue weighted by Crippen LogP contribution is -2.45. The highest BCUT2D eigenvalue weighted by molar-refractivity contribution is 5.76. The zero-order chi connectivity index (χ0) is 18.2. The Morgan fingerprint density at radius 1 is 1.17 bits per heavy atom. The van der Waals surface area contributed by atoms with Crippen molar-refractivity contribution in [3.63, 3.8) is 0 Å². The van der Waals surface area contributed by atoms with Gasteiger partial charge in [0.1, 0.15) is 0 Å². The van der Waals surface area contributed by atoms with Crippen LogP contribution in [0.1, 0.15) is 38.7 Å². The fourth-order valence-corrected chi connectivity index (χ4v) is 2.78. The normalized spacial score (nSPS) is 16.1. The number of hydrogen-bond donors (Lipinski definition) is 2. The van der Waals surface area contributed by atoms with Crippen molar-refractivity contribution < 1.29 is 29.3 Å². The Morgan fingerprint density at radius 3 is 2.29 bits per heavy atom. The van der Waals surface area contributed by atoms with E-state index in [1.807, 2.05) is 30.3 Å². The van der Waals surface area contributed by atoms with E-state index in [-0.39, 0.29) is 25.7 Å². The molecule has 0 saturated heterocycles. The first kappa shape index (κ1) is 20.1. The third kappa shape index (κ3) is 5.62. The van der Waals surface area contributed by atoms with Crippen molar-refractivity contribution in [2.45, 2.75) is 51.9 Å². The predicted octanol–water partition coefficient (Wildman–Crippen LogP) is 2.95. The number of methoxy groups -OCH3 is 1. The maximum Gasteiger partial charge on any atom is 0.312 e.